The van der Waals surface area contributed by atoms with E-state index in [1.165, 1.54) is 0 Å². The van der Waals surface area contributed by atoms with Crippen molar-refractivity contribution in [1.82, 2.24) is 5.32 Å². The predicted octanol–water partition coefficient (Wildman–Crippen LogP) is 1.74. The summed E-state index contributed by atoms with van der Waals surface area (Å²) in [7, 11) is 0. The van der Waals surface area contributed by atoms with E-state index in [4.69, 9.17) is 9.52 Å². The topological polar surface area (TPSA) is 79.5 Å². The molecule has 1 aliphatic rings. The van der Waals surface area contributed by atoms with Gasteiger partial charge < -0.3 is 14.8 Å². The number of carboxylic acids is 1. The van der Waals surface area contributed by atoms with Crippen LogP contribution in [0.2, 0.25) is 0 Å². The Morgan fingerprint density at radius 2 is 2.28 bits per heavy atom. The summed E-state index contributed by atoms with van der Waals surface area (Å²) in [6.45, 7) is 0. The van der Waals surface area contributed by atoms with E-state index in [2.05, 4.69) is 5.32 Å². The number of rotatable bonds is 6. The Kier molecular flexibility index (Phi) is 3.96. The van der Waals surface area contributed by atoms with E-state index < -0.39 is 17.9 Å². The number of hydrogen-bond donors (Lipinski definition) is 2. The van der Waals surface area contributed by atoms with Crippen molar-refractivity contribution < 1.29 is 19.1 Å². The first-order chi connectivity index (χ1) is 8.61. The highest BCUT2D eigenvalue weighted by Crippen LogP contribution is 2.32. The van der Waals surface area contributed by atoms with Crippen molar-refractivity contribution in [3.05, 3.63) is 23.7 Å². The van der Waals surface area contributed by atoms with E-state index in [1.54, 1.807) is 23.9 Å². The molecule has 5 nitrogen and oxygen atoms in total. The van der Waals surface area contributed by atoms with Gasteiger partial charge in [0.2, 0.25) is 0 Å². The van der Waals surface area contributed by atoms with Crippen molar-refractivity contribution in [3.8, 4) is 0 Å². The molecular weight excluding hydrogens is 254 g/mol. The zero-order chi connectivity index (χ0) is 13.1. The van der Waals surface area contributed by atoms with Gasteiger partial charge in [0.05, 0.1) is 5.75 Å². The van der Waals surface area contributed by atoms with Crippen LogP contribution in [0.1, 0.15) is 29.2 Å². The fourth-order valence-corrected chi connectivity index (χ4v) is 2.18. The minimum absolute atomic E-state index is 0.0621. The van der Waals surface area contributed by atoms with Crippen LogP contribution in [0.4, 0.5) is 0 Å². The van der Waals surface area contributed by atoms with Crippen LogP contribution in [0.3, 0.4) is 0 Å². The first-order valence-electron chi connectivity index (χ1n) is 5.73. The standard InChI is InChI=1S/C12H15NO4S/c1-18-6-8-4-5-9(17-8)11(14)13-10(12(15)16)7-2-3-7/h4-5,7,10H,2-3,6H2,1H3,(H,13,14)(H,15,16). The molecular formula is C12H15NO4S. The lowest BCUT2D eigenvalue weighted by Gasteiger charge is -2.12. The van der Waals surface area contributed by atoms with E-state index >= 15 is 0 Å². The summed E-state index contributed by atoms with van der Waals surface area (Å²) < 4.78 is 5.34. The highest BCUT2D eigenvalue weighted by atomic mass is 32.2. The van der Waals surface area contributed by atoms with Crippen LogP contribution >= 0.6 is 11.8 Å². The molecule has 1 unspecified atom stereocenters. The van der Waals surface area contributed by atoms with Crippen molar-refractivity contribution in [2.24, 2.45) is 5.92 Å². The van der Waals surface area contributed by atoms with Crippen molar-refractivity contribution >= 4 is 23.6 Å². The van der Waals surface area contributed by atoms with E-state index in [9.17, 15) is 9.59 Å². The molecule has 1 fully saturated rings. The fourth-order valence-electron chi connectivity index (χ4n) is 1.74. The molecule has 18 heavy (non-hydrogen) atoms. The predicted molar refractivity (Wildman–Crippen MR) is 67.5 cm³/mol. The molecule has 0 aromatic carbocycles. The first kappa shape index (κ1) is 13.0. The molecule has 1 saturated carbocycles. The number of hydrogen-bond acceptors (Lipinski definition) is 4. The van der Waals surface area contributed by atoms with Gasteiger partial charge in [-0.15, -0.1) is 0 Å². The first-order valence-corrected chi connectivity index (χ1v) is 7.12. The van der Waals surface area contributed by atoms with Crippen molar-refractivity contribution in [2.75, 3.05) is 6.26 Å². The number of carbonyl (C=O) groups is 2. The third-order valence-corrected chi connectivity index (χ3v) is 3.39. The summed E-state index contributed by atoms with van der Waals surface area (Å²) in [5.41, 5.74) is 0. The molecule has 2 rings (SSSR count). The summed E-state index contributed by atoms with van der Waals surface area (Å²) >= 11 is 1.59. The normalized spacial score (nSPS) is 16.3. The molecule has 1 aliphatic carbocycles. The smallest absolute Gasteiger partial charge is 0.326 e. The fraction of sp³-hybridized carbons (Fsp3) is 0.500. The Balaban J connectivity index is 1.99. The van der Waals surface area contributed by atoms with Crippen LogP contribution in [0.15, 0.2) is 16.5 Å². The van der Waals surface area contributed by atoms with E-state index in [1.807, 2.05) is 6.26 Å². The van der Waals surface area contributed by atoms with Gasteiger partial charge in [-0.1, -0.05) is 0 Å². The molecule has 0 radical (unpaired) electrons. The van der Waals surface area contributed by atoms with Crippen LogP contribution < -0.4 is 5.32 Å². The number of nitrogens with one attached hydrogen (secondary N) is 1. The third kappa shape index (κ3) is 3.07. The van der Waals surface area contributed by atoms with Gasteiger partial charge in [0.1, 0.15) is 11.8 Å². The molecule has 1 aromatic rings. The summed E-state index contributed by atoms with van der Waals surface area (Å²) in [5.74, 6) is 0.200. The summed E-state index contributed by atoms with van der Waals surface area (Å²) in [6, 6.07) is 2.51. The van der Waals surface area contributed by atoms with E-state index in [-0.39, 0.29) is 11.7 Å². The summed E-state index contributed by atoms with van der Waals surface area (Å²) in [4.78, 5) is 22.8. The van der Waals surface area contributed by atoms with E-state index in [0.717, 1.165) is 12.8 Å². The van der Waals surface area contributed by atoms with Gasteiger partial charge in [-0.3, -0.25) is 4.79 Å². The van der Waals surface area contributed by atoms with Gasteiger partial charge in [0.15, 0.2) is 5.76 Å². The minimum Gasteiger partial charge on any atom is -0.480 e. The number of amides is 1. The highest BCUT2D eigenvalue weighted by Gasteiger charge is 2.37. The van der Waals surface area contributed by atoms with Gasteiger partial charge in [-0.25, -0.2) is 4.79 Å². The molecule has 0 bridgehead atoms. The van der Waals surface area contributed by atoms with E-state index in [0.29, 0.717) is 11.5 Å². The van der Waals surface area contributed by atoms with Crippen LogP contribution in [-0.4, -0.2) is 29.3 Å². The maximum atomic E-state index is 11.8. The van der Waals surface area contributed by atoms with Crippen LogP contribution in [0.5, 0.6) is 0 Å². The van der Waals surface area contributed by atoms with Gasteiger partial charge in [-0.2, -0.15) is 11.8 Å². The Bertz CT molecular complexity index is 453. The molecule has 98 valence electrons. The number of furan rings is 1. The number of thioether (sulfide) groups is 1. The monoisotopic (exact) mass is 269 g/mol. The molecule has 1 atom stereocenters. The number of aliphatic carboxylic acids is 1. The second-order valence-corrected chi connectivity index (χ2v) is 5.19. The molecule has 2 N–H and O–H groups in total. The highest BCUT2D eigenvalue weighted by molar-refractivity contribution is 7.97. The molecule has 0 saturated heterocycles. The Labute approximate surface area is 109 Å². The Hall–Kier alpha value is -1.43. The lowest BCUT2D eigenvalue weighted by molar-refractivity contribution is -0.139. The summed E-state index contributed by atoms with van der Waals surface area (Å²) in [5, 5.41) is 11.5. The number of carboxylic acid groups (broad SMARTS) is 1. The third-order valence-electron chi connectivity index (χ3n) is 2.82. The zero-order valence-corrected chi connectivity index (χ0v) is 10.8. The van der Waals surface area contributed by atoms with Crippen molar-refractivity contribution in [2.45, 2.75) is 24.6 Å². The maximum absolute atomic E-state index is 11.8. The van der Waals surface area contributed by atoms with Crippen LogP contribution in [0, 0.1) is 5.92 Å². The lowest BCUT2D eigenvalue weighted by atomic mass is 10.2. The average Bonchev–Trinajstić information content (AvgIpc) is 3.05. The lowest BCUT2D eigenvalue weighted by Crippen LogP contribution is -2.42. The molecule has 0 aliphatic heterocycles. The molecule has 1 aromatic heterocycles. The van der Waals surface area contributed by atoms with Gasteiger partial charge in [-0.05, 0) is 37.1 Å². The van der Waals surface area contributed by atoms with Crippen molar-refractivity contribution in [3.63, 3.8) is 0 Å². The summed E-state index contributed by atoms with van der Waals surface area (Å²) in [6.07, 6.45) is 3.65. The second kappa shape index (κ2) is 5.48. The average molecular weight is 269 g/mol. The quantitative estimate of drug-likeness (QED) is 0.822. The maximum Gasteiger partial charge on any atom is 0.326 e. The van der Waals surface area contributed by atoms with Gasteiger partial charge in [0, 0.05) is 0 Å². The zero-order valence-electron chi connectivity index (χ0n) is 10.0. The Morgan fingerprint density at radius 1 is 1.56 bits per heavy atom. The van der Waals surface area contributed by atoms with Crippen LogP contribution in [0.25, 0.3) is 0 Å². The molecule has 1 heterocycles. The SMILES string of the molecule is CSCc1ccc(C(=O)NC(C(=O)O)C2CC2)o1. The molecule has 0 spiro atoms. The Morgan fingerprint density at radius 3 is 2.83 bits per heavy atom. The molecule has 1 amide bonds. The van der Waals surface area contributed by atoms with Gasteiger partial charge >= 0.3 is 5.97 Å². The van der Waals surface area contributed by atoms with Crippen LogP contribution in [-0.2, 0) is 10.5 Å². The second-order valence-electron chi connectivity index (χ2n) is 4.33. The van der Waals surface area contributed by atoms with Gasteiger partial charge in [0.25, 0.3) is 5.91 Å². The number of carbonyl (C=O) groups excluding carboxylic acids is 1. The minimum atomic E-state index is -0.984. The largest absolute Gasteiger partial charge is 0.480 e. The molecule has 6 heteroatoms. The van der Waals surface area contributed by atoms with Crippen molar-refractivity contribution in [1.29, 1.82) is 0 Å².